The molecular formula is C27H27FN8. The van der Waals surface area contributed by atoms with Gasteiger partial charge in [-0.3, -0.25) is 10.1 Å². The molecule has 36 heavy (non-hydrogen) atoms. The van der Waals surface area contributed by atoms with Gasteiger partial charge in [0.15, 0.2) is 5.82 Å². The molecule has 0 radical (unpaired) electrons. The van der Waals surface area contributed by atoms with Crippen molar-refractivity contribution in [3.8, 4) is 17.2 Å². The van der Waals surface area contributed by atoms with Crippen molar-refractivity contribution in [3.05, 3.63) is 83.2 Å². The normalized spacial score (nSPS) is 12.9. The van der Waals surface area contributed by atoms with Gasteiger partial charge in [-0.1, -0.05) is 25.6 Å². The van der Waals surface area contributed by atoms with E-state index in [1.807, 2.05) is 55.8 Å². The minimum Gasteiger partial charge on any atom is -0.336 e. The van der Waals surface area contributed by atoms with Crippen molar-refractivity contribution in [2.75, 3.05) is 6.54 Å². The molecule has 0 spiro atoms. The zero-order valence-electron chi connectivity index (χ0n) is 20.4. The number of para-hydroxylation sites is 1. The molecule has 5 aromatic rings. The molecule has 4 aromatic heterocycles. The number of benzene rings is 1. The SMILES string of the molecule is C=C(/C(F)=c1/c(-c2nc3c(-n4cnc(C)c4)cccc3[nH]2)n[nH]/c1=C/C)c1cncc(CNCC)c1. The zero-order valence-corrected chi connectivity index (χ0v) is 20.4. The van der Waals surface area contributed by atoms with Crippen molar-refractivity contribution >= 4 is 28.5 Å². The van der Waals surface area contributed by atoms with Gasteiger partial charge in [0, 0.05) is 36.3 Å². The summed E-state index contributed by atoms with van der Waals surface area (Å²) in [6.07, 6.45) is 8.84. The van der Waals surface area contributed by atoms with Crippen molar-refractivity contribution < 1.29 is 4.39 Å². The Balaban J connectivity index is 1.64. The lowest BCUT2D eigenvalue weighted by Crippen LogP contribution is -2.26. The van der Waals surface area contributed by atoms with Crippen LogP contribution in [0, 0.1) is 6.92 Å². The number of pyridine rings is 1. The van der Waals surface area contributed by atoms with Gasteiger partial charge in [0.2, 0.25) is 0 Å². The first-order valence-corrected chi connectivity index (χ1v) is 11.7. The number of halogens is 1. The van der Waals surface area contributed by atoms with Crippen LogP contribution < -0.4 is 15.9 Å². The number of rotatable bonds is 7. The minimum atomic E-state index is -0.486. The summed E-state index contributed by atoms with van der Waals surface area (Å²) in [6.45, 7) is 11.3. The lowest BCUT2D eigenvalue weighted by molar-refractivity contribution is 0.724. The third kappa shape index (κ3) is 4.25. The monoisotopic (exact) mass is 482 g/mol. The van der Waals surface area contributed by atoms with Crippen LogP contribution in [0.15, 0.2) is 55.8 Å². The highest BCUT2D eigenvalue weighted by Gasteiger charge is 2.18. The van der Waals surface area contributed by atoms with Crippen LogP contribution in [-0.4, -0.2) is 41.2 Å². The maximum atomic E-state index is 16.1. The molecule has 0 aliphatic carbocycles. The third-order valence-corrected chi connectivity index (χ3v) is 6.00. The van der Waals surface area contributed by atoms with Gasteiger partial charge in [0.1, 0.15) is 17.0 Å². The van der Waals surface area contributed by atoms with Crippen LogP contribution in [0.3, 0.4) is 0 Å². The predicted octanol–water partition coefficient (Wildman–Crippen LogP) is 3.54. The summed E-state index contributed by atoms with van der Waals surface area (Å²) in [5.74, 6) is -0.0317. The Hall–Kier alpha value is -4.37. The molecule has 8 nitrogen and oxygen atoms in total. The number of nitrogens with zero attached hydrogens (tertiary/aromatic N) is 5. The number of imidazole rings is 2. The van der Waals surface area contributed by atoms with Crippen molar-refractivity contribution in [1.82, 2.24) is 40.0 Å². The predicted molar refractivity (Wildman–Crippen MR) is 140 cm³/mol. The summed E-state index contributed by atoms with van der Waals surface area (Å²) in [5, 5.41) is 11.5. The number of hydrogen-bond donors (Lipinski definition) is 3. The van der Waals surface area contributed by atoms with Crippen LogP contribution in [0.1, 0.15) is 30.7 Å². The molecule has 3 N–H and O–H groups in total. The fourth-order valence-electron chi connectivity index (χ4n) is 4.14. The fraction of sp³-hybridized carbons (Fsp3) is 0.185. The second kappa shape index (κ2) is 9.71. The zero-order chi connectivity index (χ0) is 25.2. The number of allylic oxidation sites excluding steroid dienone is 1. The van der Waals surface area contributed by atoms with Crippen molar-refractivity contribution in [2.24, 2.45) is 0 Å². The maximum Gasteiger partial charge on any atom is 0.159 e. The number of aromatic amines is 2. The summed E-state index contributed by atoms with van der Waals surface area (Å²) in [6, 6.07) is 7.73. The topological polar surface area (TPSA) is 100 Å². The van der Waals surface area contributed by atoms with Gasteiger partial charge in [-0.25, -0.2) is 14.4 Å². The molecule has 0 unspecified atom stereocenters. The van der Waals surface area contributed by atoms with Gasteiger partial charge in [-0.2, -0.15) is 5.10 Å². The minimum absolute atomic E-state index is 0.234. The van der Waals surface area contributed by atoms with E-state index in [0.717, 1.165) is 34.5 Å². The molecule has 0 aliphatic rings. The Bertz CT molecular complexity index is 1690. The molecular weight excluding hydrogens is 455 g/mol. The summed E-state index contributed by atoms with van der Waals surface area (Å²) in [5.41, 5.74) is 5.49. The third-order valence-electron chi connectivity index (χ3n) is 6.00. The molecule has 0 saturated heterocycles. The maximum absolute atomic E-state index is 16.1. The summed E-state index contributed by atoms with van der Waals surface area (Å²) >= 11 is 0. The summed E-state index contributed by atoms with van der Waals surface area (Å²) in [7, 11) is 0. The van der Waals surface area contributed by atoms with Crippen LogP contribution >= 0.6 is 0 Å². The summed E-state index contributed by atoms with van der Waals surface area (Å²) in [4.78, 5) is 16.7. The number of nitrogens with one attached hydrogen (secondary N) is 3. The quantitative estimate of drug-likeness (QED) is 0.330. The van der Waals surface area contributed by atoms with Crippen LogP contribution in [0.5, 0.6) is 0 Å². The molecule has 0 saturated carbocycles. The summed E-state index contributed by atoms with van der Waals surface area (Å²) < 4.78 is 18.0. The number of fused-ring (bicyclic) bond motifs is 1. The lowest BCUT2D eigenvalue weighted by atomic mass is 10.0. The van der Waals surface area contributed by atoms with E-state index >= 15 is 4.39 Å². The first-order chi connectivity index (χ1) is 17.5. The molecule has 182 valence electrons. The Morgan fingerprint density at radius 1 is 1.28 bits per heavy atom. The molecule has 4 heterocycles. The highest BCUT2D eigenvalue weighted by molar-refractivity contribution is 5.94. The standard InChI is InChI=1S/C27H27FN8/c1-5-20-23(24(28)17(4)19-10-18(11-29-6-2)12-30-13-19)26(35-34-20)27-32-21-8-7-9-22(25(21)33-27)36-14-16(3)31-15-36/h5,7-10,12-15,29,34H,4,6,11H2,1-3H3,(H,32,33)/b20-5+,24-23-. The van der Waals surface area contributed by atoms with Crippen LogP contribution in [0.25, 0.3) is 45.7 Å². The molecule has 0 fully saturated rings. The second-order valence-corrected chi connectivity index (χ2v) is 8.49. The number of H-pyrrole nitrogens is 2. The van der Waals surface area contributed by atoms with Gasteiger partial charge < -0.3 is 14.9 Å². The Labute approximate surface area is 207 Å². The first kappa shape index (κ1) is 23.4. The van der Waals surface area contributed by atoms with Gasteiger partial charge in [0.25, 0.3) is 0 Å². The van der Waals surface area contributed by atoms with Crippen molar-refractivity contribution in [1.29, 1.82) is 0 Å². The van der Waals surface area contributed by atoms with Crippen LogP contribution in [0.4, 0.5) is 4.39 Å². The van der Waals surface area contributed by atoms with E-state index < -0.39 is 5.83 Å². The first-order valence-electron chi connectivity index (χ1n) is 11.7. The van der Waals surface area contributed by atoms with Crippen molar-refractivity contribution in [3.63, 3.8) is 0 Å². The smallest absolute Gasteiger partial charge is 0.159 e. The molecule has 0 bridgehead atoms. The highest BCUT2D eigenvalue weighted by Crippen LogP contribution is 2.26. The molecule has 5 rings (SSSR count). The second-order valence-electron chi connectivity index (χ2n) is 8.49. The lowest BCUT2D eigenvalue weighted by Gasteiger charge is -2.07. The Kier molecular flexibility index (Phi) is 6.30. The molecule has 0 amide bonds. The van der Waals surface area contributed by atoms with Gasteiger partial charge >= 0.3 is 0 Å². The molecule has 0 atom stereocenters. The molecule has 9 heteroatoms. The van der Waals surface area contributed by atoms with E-state index in [0.29, 0.717) is 34.2 Å². The molecule has 0 aliphatic heterocycles. The van der Waals surface area contributed by atoms with Crippen LogP contribution in [0.2, 0.25) is 0 Å². The van der Waals surface area contributed by atoms with Gasteiger partial charge in [0.05, 0.1) is 33.8 Å². The van der Waals surface area contributed by atoms with E-state index in [2.05, 4.69) is 37.0 Å². The number of aromatic nitrogens is 7. The average Bonchev–Trinajstić information content (AvgIpc) is 3.63. The van der Waals surface area contributed by atoms with Crippen molar-refractivity contribution in [2.45, 2.75) is 27.3 Å². The van der Waals surface area contributed by atoms with E-state index in [4.69, 9.17) is 4.98 Å². The van der Waals surface area contributed by atoms with E-state index in [9.17, 15) is 0 Å². The Morgan fingerprint density at radius 3 is 2.89 bits per heavy atom. The van der Waals surface area contributed by atoms with Gasteiger partial charge in [-0.15, -0.1) is 0 Å². The largest absolute Gasteiger partial charge is 0.336 e. The van der Waals surface area contributed by atoms with E-state index in [1.165, 1.54) is 0 Å². The fourth-order valence-corrected chi connectivity index (χ4v) is 4.14. The Morgan fingerprint density at radius 2 is 2.14 bits per heavy atom. The number of aryl methyl sites for hydroxylation is 1. The molecule has 1 aromatic carbocycles. The van der Waals surface area contributed by atoms with Crippen LogP contribution in [-0.2, 0) is 6.54 Å². The van der Waals surface area contributed by atoms with E-state index in [1.54, 1.807) is 24.8 Å². The number of hydrogen-bond acceptors (Lipinski definition) is 5. The average molecular weight is 483 g/mol. The van der Waals surface area contributed by atoms with Gasteiger partial charge in [-0.05, 0) is 44.2 Å². The highest BCUT2D eigenvalue weighted by atomic mass is 19.1. The van der Waals surface area contributed by atoms with E-state index in [-0.39, 0.29) is 5.57 Å².